The molecule has 0 saturated carbocycles. The standard InChI is InChI=1S/C23H28ClFN4O2/c24-20-14-27-18(10-22(30)16-8-17(25)13-26-12-16)9-19(20)21-2-1-3-23(29-21)28-11-15-4-6-31-7-5-15/h1-3,9,14-17,26H,4-8,10-13H2,(H,28,29). The predicted octanol–water partition coefficient (Wildman–Crippen LogP) is 3.69. The first kappa shape index (κ1) is 22.1. The van der Waals surface area contributed by atoms with Crippen molar-refractivity contribution in [2.45, 2.75) is 31.9 Å². The summed E-state index contributed by atoms with van der Waals surface area (Å²) in [6.45, 7) is 3.32. The Morgan fingerprint density at radius 3 is 2.94 bits per heavy atom. The summed E-state index contributed by atoms with van der Waals surface area (Å²) in [5, 5.41) is 6.87. The normalized spacial score (nSPS) is 22.3. The molecule has 4 heterocycles. The average Bonchev–Trinajstić information content (AvgIpc) is 2.80. The molecule has 8 heteroatoms. The molecule has 2 fully saturated rings. The minimum absolute atomic E-state index is 0.00420. The third-order valence-electron chi connectivity index (χ3n) is 5.96. The van der Waals surface area contributed by atoms with E-state index in [1.165, 1.54) is 0 Å². The monoisotopic (exact) mass is 446 g/mol. The molecular formula is C23H28ClFN4O2. The Balaban J connectivity index is 1.44. The van der Waals surface area contributed by atoms with Gasteiger partial charge in [-0.05, 0) is 43.4 Å². The molecule has 0 aliphatic carbocycles. The number of hydrogen-bond donors (Lipinski definition) is 2. The van der Waals surface area contributed by atoms with Gasteiger partial charge in [-0.2, -0.15) is 0 Å². The fourth-order valence-corrected chi connectivity index (χ4v) is 4.32. The van der Waals surface area contributed by atoms with E-state index in [-0.39, 0.29) is 24.5 Å². The smallest absolute Gasteiger partial charge is 0.143 e. The molecule has 0 aromatic carbocycles. The number of piperidine rings is 1. The highest BCUT2D eigenvalue weighted by Gasteiger charge is 2.27. The number of anilines is 1. The maximum absolute atomic E-state index is 13.6. The maximum Gasteiger partial charge on any atom is 0.143 e. The van der Waals surface area contributed by atoms with Gasteiger partial charge in [0, 0.05) is 62.6 Å². The number of alkyl halides is 1. The van der Waals surface area contributed by atoms with E-state index in [9.17, 15) is 9.18 Å². The highest BCUT2D eigenvalue weighted by atomic mass is 35.5. The number of aromatic nitrogens is 2. The number of nitrogens with one attached hydrogen (secondary N) is 2. The Kier molecular flexibility index (Phi) is 7.48. The minimum Gasteiger partial charge on any atom is -0.381 e. The van der Waals surface area contributed by atoms with E-state index in [0.717, 1.165) is 49.7 Å². The third kappa shape index (κ3) is 5.99. The summed E-state index contributed by atoms with van der Waals surface area (Å²) in [6, 6.07) is 7.58. The molecule has 0 radical (unpaired) electrons. The van der Waals surface area contributed by atoms with Crippen molar-refractivity contribution >= 4 is 23.2 Å². The molecule has 2 aromatic rings. The molecule has 2 saturated heterocycles. The van der Waals surface area contributed by atoms with Gasteiger partial charge in [0.2, 0.25) is 0 Å². The van der Waals surface area contributed by atoms with Crippen LogP contribution in [0.2, 0.25) is 5.02 Å². The lowest BCUT2D eigenvalue weighted by Gasteiger charge is -2.24. The Morgan fingerprint density at radius 1 is 1.29 bits per heavy atom. The molecule has 0 spiro atoms. The van der Waals surface area contributed by atoms with Crippen LogP contribution in [0.25, 0.3) is 11.3 Å². The van der Waals surface area contributed by atoms with Gasteiger partial charge in [-0.15, -0.1) is 0 Å². The number of hydrogen-bond acceptors (Lipinski definition) is 6. The van der Waals surface area contributed by atoms with E-state index in [4.69, 9.17) is 21.3 Å². The van der Waals surface area contributed by atoms with Crippen LogP contribution in [0.15, 0.2) is 30.5 Å². The number of nitrogens with zero attached hydrogens (tertiary/aromatic N) is 2. The van der Waals surface area contributed by atoms with E-state index >= 15 is 0 Å². The zero-order valence-electron chi connectivity index (χ0n) is 17.4. The van der Waals surface area contributed by atoms with Crippen LogP contribution in [-0.2, 0) is 16.0 Å². The third-order valence-corrected chi connectivity index (χ3v) is 6.26. The summed E-state index contributed by atoms with van der Waals surface area (Å²) in [6.07, 6.45) is 3.12. The molecule has 31 heavy (non-hydrogen) atoms. The number of ether oxygens (including phenoxy) is 1. The van der Waals surface area contributed by atoms with Crippen molar-refractivity contribution in [3.05, 3.63) is 41.2 Å². The summed E-state index contributed by atoms with van der Waals surface area (Å²) in [4.78, 5) is 21.6. The molecule has 2 aliphatic rings. The molecule has 2 unspecified atom stereocenters. The molecule has 6 nitrogen and oxygen atoms in total. The molecule has 166 valence electrons. The number of pyridine rings is 2. The van der Waals surface area contributed by atoms with Crippen LogP contribution in [0.1, 0.15) is 25.0 Å². The van der Waals surface area contributed by atoms with Gasteiger partial charge in [-0.3, -0.25) is 9.78 Å². The molecule has 2 aromatic heterocycles. The van der Waals surface area contributed by atoms with Crippen molar-refractivity contribution in [2.75, 3.05) is 38.2 Å². The molecule has 0 amide bonds. The topological polar surface area (TPSA) is 76.1 Å². The van der Waals surface area contributed by atoms with Gasteiger partial charge >= 0.3 is 0 Å². The summed E-state index contributed by atoms with van der Waals surface area (Å²) in [5.41, 5.74) is 2.08. The first-order valence-electron chi connectivity index (χ1n) is 10.9. The molecule has 2 aliphatic heterocycles. The first-order valence-corrected chi connectivity index (χ1v) is 11.3. The fourth-order valence-electron chi connectivity index (χ4n) is 4.12. The number of Topliss-reactive ketones (excluding diaryl/α,β-unsaturated/α-hetero) is 1. The van der Waals surface area contributed by atoms with E-state index in [2.05, 4.69) is 15.6 Å². The zero-order chi connectivity index (χ0) is 21.6. The van der Waals surface area contributed by atoms with Gasteiger partial charge in [-0.1, -0.05) is 17.7 Å². The van der Waals surface area contributed by atoms with Crippen molar-refractivity contribution in [2.24, 2.45) is 11.8 Å². The minimum atomic E-state index is -0.975. The van der Waals surface area contributed by atoms with Gasteiger partial charge in [0.05, 0.1) is 10.7 Å². The van der Waals surface area contributed by atoms with E-state index < -0.39 is 6.17 Å². The van der Waals surface area contributed by atoms with E-state index in [0.29, 0.717) is 29.7 Å². The number of ketones is 1. The van der Waals surface area contributed by atoms with Crippen molar-refractivity contribution in [1.82, 2.24) is 15.3 Å². The van der Waals surface area contributed by atoms with Gasteiger partial charge in [0.15, 0.2) is 0 Å². The quantitative estimate of drug-likeness (QED) is 0.675. The number of rotatable bonds is 7. The van der Waals surface area contributed by atoms with Crippen molar-refractivity contribution in [3.8, 4) is 11.3 Å². The highest BCUT2D eigenvalue weighted by molar-refractivity contribution is 6.33. The lowest BCUT2D eigenvalue weighted by Crippen LogP contribution is -2.41. The summed E-state index contributed by atoms with van der Waals surface area (Å²) >= 11 is 6.40. The highest BCUT2D eigenvalue weighted by Crippen LogP contribution is 2.28. The number of carbonyl (C=O) groups is 1. The SMILES string of the molecule is O=C(Cc1cc(-c2cccc(NCC3CCOCC3)n2)c(Cl)cn1)C1CNCC(F)C1. The van der Waals surface area contributed by atoms with Crippen LogP contribution < -0.4 is 10.6 Å². The molecule has 0 bridgehead atoms. The van der Waals surface area contributed by atoms with Crippen LogP contribution in [0.5, 0.6) is 0 Å². The van der Waals surface area contributed by atoms with Crippen LogP contribution in [0.4, 0.5) is 10.2 Å². The second kappa shape index (κ2) is 10.5. The number of carbonyl (C=O) groups excluding carboxylic acids is 1. The van der Waals surface area contributed by atoms with Crippen molar-refractivity contribution in [3.63, 3.8) is 0 Å². The first-order chi connectivity index (χ1) is 15.1. The van der Waals surface area contributed by atoms with E-state index in [1.54, 1.807) is 6.20 Å². The lowest BCUT2D eigenvalue weighted by atomic mass is 9.91. The van der Waals surface area contributed by atoms with Gasteiger partial charge in [-0.25, -0.2) is 9.37 Å². The fraction of sp³-hybridized carbons (Fsp3) is 0.522. The van der Waals surface area contributed by atoms with Crippen LogP contribution in [0, 0.1) is 11.8 Å². The average molecular weight is 447 g/mol. The summed E-state index contributed by atoms with van der Waals surface area (Å²) in [5.74, 6) is 1.05. The van der Waals surface area contributed by atoms with E-state index in [1.807, 2.05) is 24.3 Å². The maximum atomic E-state index is 13.6. The van der Waals surface area contributed by atoms with Gasteiger partial charge < -0.3 is 15.4 Å². The lowest BCUT2D eigenvalue weighted by molar-refractivity contribution is -0.123. The summed E-state index contributed by atoms with van der Waals surface area (Å²) in [7, 11) is 0. The van der Waals surface area contributed by atoms with Crippen LogP contribution in [-0.4, -0.2) is 54.8 Å². The van der Waals surface area contributed by atoms with Gasteiger partial charge in [0.25, 0.3) is 0 Å². The Morgan fingerprint density at radius 2 is 2.13 bits per heavy atom. The largest absolute Gasteiger partial charge is 0.381 e. The molecule has 4 rings (SSSR count). The van der Waals surface area contributed by atoms with Crippen molar-refractivity contribution in [1.29, 1.82) is 0 Å². The molecule has 2 N–H and O–H groups in total. The van der Waals surface area contributed by atoms with Crippen LogP contribution in [0.3, 0.4) is 0 Å². The van der Waals surface area contributed by atoms with Crippen molar-refractivity contribution < 1.29 is 13.9 Å². The number of halogens is 2. The molecule has 2 atom stereocenters. The Hall–Kier alpha value is -2.09. The van der Waals surface area contributed by atoms with Crippen LogP contribution >= 0.6 is 11.6 Å². The second-order valence-electron chi connectivity index (χ2n) is 8.33. The predicted molar refractivity (Wildman–Crippen MR) is 119 cm³/mol. The molecular weight excluding hydrogens is 419 g/mol. The Labute approximate surface area is 187 Å². The summed E-state index contributed by atoms with van der Waals surface area (Å²) < 4.78 is 19.0. The zero-order valence-corrected chi connectivity index (χ0v) is 18.2. The second-order valence-corrected chi connectivity index (χ2v) is 8.74. The Bertz CT molecular complexity index is 907. The van der Waals surface area contributed by atoms with Gasteiger partial charge in [0.1, 0.15) is 17.8 Å².